The van der Waals surface area contributed by atoms with E-state index in [1.807, 2.05) is 0 Å². The molecule has 0 aromatic carbocycles. The summed E-state index contributed by atoms with van der Waals surface area (Å²) >= 11 is 4.93. The van der Waals surface area contributed by atoms with Gasteiger partial charge in [0.25, 0.3) is 11.8 Å². The number of amides is 2. The number of hydrogen-bond acceptors (Lipinski definition) is 16. The molecule has 0 bridgehead atoms. The largest absolute Gasteiger partial charge is 0.477 e. The zero-order valence-corrected chi connectivity index (χ0v) is 26.6. The van der Waals surface area contributed by atoms with Crippen LogP contribution in [0.5, 0.6) is 0 Å². The molecule has 234 valence electrons. The van der Waals surface area contributed by atoms with Gasteiger partial charge in [-0.3, -0.25) is 14.5 Å². The topological polar surface area (TPSA) is 204 Å². The lowest BCUT2D eigenvalue weighted by atomic mass is 10.0. The molecule has 2 aliphatic rings. The first kappa shape index (κ1) is 33.1. The Labute approximate surface area is 264 Å². The SMILES string of the molecule is CCCCCCOCCOCCON=C(C(=O)NC1C(=O)N2C(C(=O)O)=C(CSc3nncs3)CS[C@H]12)c1nsc(N)n1. The number of aliphatic carboxylic acids is 1. The van der Waals surface area contributed by atoms with Crippen molar-refractivity contribution in [1.29, 1.82) is 0 Å². The third-order valence-electron chi connectivity index (χ3n) is 6.10. The van der Waals surface area contributed by atoms with Crippen LogP contribution in [-0.2, 0) is 28.7 Å². The van der Waals surface area contributed by atoms with Crippen molar-refractivity contribution in [2.45, 2.75) is 48.4 Å². The number of unbranched alkanes of at least 4 members (excludes halogenated alkanes) is 3. The second kappa shape index (κ2) is 16.9. The number of nitrogens with zero attached hydrogens (tertiary/aromatic N) is 6. The smallest absolute Gasteiger partial charge is 0.352 e. The molecule has 2 amide bonds. The van der Waals surface area contributed by atoms with Crippen molar-refractivity contribution >= 4 is 75.0 Å². The molecule has 2 aliphatic heterocycles. The molecule has 15 nitrogen and oxygen atoms in total. The normalized spacial score (nSPS) is 18.4. The Morgan fingerprint density at radius 1 is 1.21 bits per heavy atom. The van der Waals surface area contributed by atoms with Crippen LogP contribution in [0.4, 0.5) is 5.13 Å². The van der Waals surface area contributed by atoms with Gasteiger partial charge >= 0.3 is 5.97 Å². The highest BCUT2D eigenvalue weighted by Gasteiger charge is 2.54. The fraction of sp³-hybridized carbons (Fsp3) is 0.583. The summed E-state index contributed by atoms with van der Waals surface area (Å²) < 4.78 is 15.7. The Bertz CT molecular complexity index is 1310. The highest BCUT2D eigenvalue weighted by molar-refractivity contribution is 8.01. The third-order valence-corrected chi connectivity index (χ3v) is 9.93. The number of β-lactam (4-membered cyclic amide) rings is 1. The minimum Gasteiger partial charge on any atom is -0.477 e. The maximum Gasteiger partial charge on any atom is 0.352 e. The van der Waals surface area contributed by atoms with Crippen LogP contribution in [0.25, 0.3) is 0 Å². The van der Waals surface area contributed by atoms with Crippen LogP contribution < -0.4 is 11.1 Å². The summed E-state index contributed by atoms with van der Waals surface area (Å²) in [4.78, 5) is 48.9. The first-order valence-corrected chi connectivity index (χ1v) is 17.1. The minimum atomic E-state index is -1.21. The van der Waals surface area contributed by atoms with Gasteiger partial charge in [-0.15, -0.1) is 22.0 Å². The van der Waals surface area contributed by atoms with Crippen molar-refractivity contribution in [2.75, 3.05) is 50.3 Å². The van der Waals surface area contributed by atoms with E-state index in [4.69, 9.17) is 20.0 Å². The van der Waals surface area contributed by atoms with E-state index < -0.39 is 29.2 Å². The second-order valence-corrected chi connectivity index (χ2v) is 13.1. The summed E-state index contributed by atoms with van der Waals surface area (Å²) in [5.74, 6) is -1.86. The Morgan fingerprint density at radius 3 is 2.70 bits per heavy atom. The summed E-state index contributed by atoms with van der Waals surface area (Å²) in [6, 6.07) is -0.976. The standard InChI is InChI=1S/C24H32N8O7S4/c1-2-3-4-5-6-37-7-8-38-9-10-39-30-15(18-28-23(25)43-31-18)19(33)27-16-20(34)32-17(22(35)36)14(11-40-21(16)32)12-41-24-29-26-13-42-24/h13,16,21H,2-12H2,1H3,(H,27,33)(H,35,36)(H2,25,28,31)/t16?,21-/m1/s1. The number of nitrogens with two attached hydrogens (primary N) is 1. The number of aromatic nitrogens is 4. The van der Waals surface area contributed by atoms with Crippen LogP contribution in [0.1, 0.15) is 38.4 Å². The number of carbonyl (C=O) groups excluding carboxylic acids is 2. The number of anilines is 1. The molecule has 0 spiro atoms. The zero-order valence-electron chi connectivity index (χ0n) is 23.3. The average molecular weight is 673 g/mol. The van der Waals surface area contributed by atoms with Gasteiger partial charge in [-0.1, -0.05) is 54.4 Å². The van der Waals surface area contributed by atoms with E-state index in [-0.39, 0.29) is 35.6 Å². The van der Waals surface area contributed by atoms with Gasteiger partial charge in [0.2, 0.25) is 11.5 Å². The van der Waals surface area contributed by atoms with Crippen molar-refractivity contribution in [3.63, 3.8) is 0 Å². The van der Waals surface area contributed by atoms with Crippen molar-refractivity contribution in [2.24, 2.45) is 5.16 Å². The van der Waals surface area contributed by atoms with Gasteiger partial charge in [-0.25, -0.2) is 4.79 Å². The molecule has 4 N–H and O–H groups in total. The molecule has 2 aromatic rings. The molecule has 0 radical (unpaired) electrons. The van der Waals surface area contributed by atoms with E-state index >= 15 is 0 Å². The van der Waals surface area contributed by atoms with Crippen LogP contribution in [0.3, 0.4) is 0 Å². The highest BCUT2D eigenvalue weighted by Crippen LogP contribution is 2.41. The summed E-state index contributed by atoms with van der Waals surface area (Å²) in [7, 11) is 0. The van der Waals surface area contributed by atoms with E-state index in [1.54, 1.807) is 5.51 Å². The number of nitrogen functional groups attached to an aromatic ring is 1. The first-order valence-electron chi connectivity index (χ1n) is 13.5. The van der Waals surface area contributed by atoms with Gasteiger partial charge in [0, 0.05) is 29.6 Å². The number of hydrogen-bond donors (Lipinski definition) is 3. The lowest BCUT2D eigenvalue weighted by Crippen LogP contribution is -2.71. The molecular weight excluding hydrogens is 641 g/mol. The van der Waals surface area contributed by atoms with Crippen LogP contribution in [-0.4, -0.2) is 109 Å². The van der Waals surface area contributed by atoms with E-state index in [9.17, 15) is 19.5 Å². The van der Waals surface area contributed by atoms with E-state index in [0.717, 1.165) is 24.4 Å². The minimum absolute atomic E-state index is 0.0477. The van der Waals surface area contributed by atoms with E-state index in [0.29, 0.717) is 41.2 Å². The fourth-order valence-corrected chi connectivity index (χ4v) is 7.46. The molecule has 4 rings (SSSR count). The predicted molar refractivity (Wildman–Crippen MR) is 163 cm³/mol. The lowest BCUT2D eigenvalue weighted by molar-refractivity contribution is -0.150. The lowest BCUT2D eigenvalue weighted by Gasteiger charge is -2.49. The number of carboxylic acid groups (broad SMARTS) is 1. The van der Waals surface area contributed by atoms with Gasteiger partial charge in [0.05, 0.1) is 19.8 Å². The Hall–Kier alpha value is -2.84. The molecule has 0 saturated carbocycles. The highest BCUT2D eigenvalue weighted by atomic mass is 32.2. The summed E-state index contributed by atoms with van der Waals surface area (Å²) in [5.41, 5.74) is 7.53. The molecule has 1 fully saturated rings. The van der Waals surface area contributed by atoms with Crippen LogP contribution in [0.2, 0.25) is 0 Å². The van der Waals surface area contributed by atoms with Crippen LogP contribution in [0.15, 0.2) is 26.3 Å². The molecule has 1 unspecified atom stereocenters. The Balaban J connectivity index is 1.30. The van der Waals surface area contributed by atoms with Gasteiger partial charge in [-0.2, -0.15) is 9.36 Å². The van der Waals surface area contributed by atoms with Gasteiger partial charge < -0.3 is 30.5 Å². The summed E-state index contributed by atoms with van der Waals surface area (Å²) in [5, 5.41) is 23.7. The van der Waals surface area contributed by atoms with Crippen molar-refractivity contribution in [3.8, 4) is 0 Å². The maximum atomic E-state index is 13.2. The van der Waals surface area contributed by atoms with Gasteiger partial charge in [-0.05, 0) is 12.0 Å². The molecule has 2 aromatic heterocycles. The average Bonchev–Trinajstić information content (AvgIpc) is 3.68. The van der Waals surface area contributed by atoms with E-state index in [1.165, 1.54) is 52.6 Å². The fourth-order valence-electron chi connectivity index (χ4n) is 4.05. The first-order chi connectivity index (χ1) is 20.9. The number of nitrogens with one attached hydrogen (secondary N) is 1. The number of thioether (sulfide) groups is 2. The molecule has 19 heteroatoms. The second-order valence-electron chi connectivity index (χ2n) is 9.13. The number of carbonyl (C=O) groups is 3. The molecular formula is C24H32N8O7S4. The molecule has 43 heavy (non-hydrogen) atoms. The van der Waals surface area contributed by atoms with Gasteiger partial charge in [0.15, 0.2) is 9.47 Å². The quantitative estimate of drug-likeness (QED) is 0.0641. The van der Waals surface area contributed by atoms with Crippen molar-refractivity contribution in [1.82, 2.24) is 29.8 Å². The van der Waals surface area contributed by atoms with E-state index in [2.05, 4.69) is 37.0 Å². The molecule has 1 saturated heterocycles. The van der Waals surface area contributed by atoms with Crippen molar-refractivity contribution in [3.05, 3.63) is 22.6 Å². The molecule has 0 aliphatic carbocycles. The predicted octanol–water partition coefficient (Wildman–Crippen LogP) is 1.84. The summed E-state index contributed by atoms with van der Waals surface area (Å²) in [6.07, 6.45) is 4.56. The Morgan fingerprint density at radius 2 is 2.00 bits per heavy atom. The monoisotopic (exact) mass is 672 g/mol. The third kappa shape index (κ3) is 9.08. The number of oxime groups is 1. The molecule has 4 heterocycles. The number of carboxylic acids is 1. The maximum absolute atomic E-state index is 13.2. The van der Waals surface area contributed by atoms with Crippen LogP contribution >= 0.6 is 46.4 Å². The number of rotatable bonds is 19. The van der Waals surface area contributed by atoms with Crippen LogP contribution in [0, 0.1) is 0 Å². The number of fused-ring (bicyclic) bond motifs is 1. The van der Waals surface area contributed by atoms with Gasteiger partial charge in [0.1, 0.15) is 29.2 Å². The molecule has 2 atom stereocenters. The number of ether oxygens (including phenoxy) is 2. The summed E-state index contributed by atoms with van der Waals surface area (Å²) in [6.45, 7) is 3.99. The zero-order chi connectivity index (χ0) is 30.6. The van der Waals surface area contributed by atoms with Crippen molar-refractivity contribution < 1.29 is 33.8 Å². The Kier molecular flexibility index (Phi) is 13.0.